The van der Waals surface area contributed by atoms with Crippen LogP contribution in [0, 0.1) is 5.92 Å². The summed E-state index contributed by atoms with van der Waals surface area (Å²) in [6, 6.07) is 30.3. The summed E-state index contributed by atoms with van der Waals surface area (Å²) >= 11 is 0. The maximum atomic E-state index is 12.9. The SMILES string of the molecule is O=C(CN1CCC(C(O)c2ccccc2)CC1)NC(Cc1ccccc1)c1ccccc1. The van der Waals surface area contributed by atoms with Gasteiger partial charge < -0.3 is 10.4 Å². The first-order chi connectivity index (χ1) is 15.7. The van der Waals surface area contributed by atoms with Gasteiger partial charge in [-0.15, -0.1) is 0 Å². The van der Waals surface area contributed by atoms with Crippen LogP contribution < -0.4 is 5.32 Å². The third kappa shape index (κ3) is 6.06. The predicted octanol–water partition coefficient (Wildman–Crippen LogP) is 4.53. The Kier molecular flexibility index (Phi) is 7.70. The Hall–Kier alpha value is -2.95. The normalized spacial score (nSPS) is 16.9. The van der Waals surface area contributed by atoms with Gasteiger partial charge in [0.25, 0.3) is 0 Å². The molecule has 0 aromatic heterocycles. The molecule has 0 aliphatic carbocycles. The first-order valence-electron chi connectivity index (χ1n) is 11.5. The number of hydrogen-bond donors (Lipinski definition) is 2. The monoisotopic (exact) mass is 428 g/mol. The highest BCUT2D eigenvalue weighted by atomic mass is 16.3. The van der Waals surface area contributed by atoms with Gasteiger partial charge in [-0.25, -0.2) is 0 Å². The molecule has 3 aromatic carbocycles. The summed E-state index contributed by atoms with van der Waals surface area (Å²) in [6.45, 7) is 2.06. The number of piperidine rings is 1. The molecule has 4 nitrogen and oxygen atoms in total. The van der Waals surface area contributed by atoms with Crippen molar-refractivity contribution in [1.29, 1.82) is 0 Å². The number of carbonyl (C=O) groups excluding carboxylic acids is 1. The van der Waals surface area contributed by atoms with E-state index in [2.05, 4.69) is 34.5 Å². The summed E-state index contributed by atoms with van der Waals surface area (Å²) in [6.07, 6.45) is 2.13. The third-order valence-corrected chi connectivity index (χ3v) is 6.41. The second-order valence-electron chi connectivity index (χ2n) is 8.69. The van der Waals surface area contributed by atoms with Crippen molar-refractivity contribution in [3.63, 3.8) is 0 Å². The van der Waals surface area contributed by atoms with Crippen LogP contribution in [-0.4, -0.2) is 35.5 Å². The van der Waals surface area contributed by atoms with Gasteiger partial charge in [0.05, 0.1) is 18.7 Å². The number of aliphatic hydroxyl groups excluding tert-OH is 1. The molecule has 1 heterocycles. The number of likely N-dealkylation sites (tertiary alicyclic amines) is 1. The average molecular weight is 429 g/mol. The van der Waals surface area contributed by atoms with E-state index < -0.39 is 6.10 Å². The molecule has 4 heteroatoms. The first kappa shape index (κ1) is 22.3. The van der Waals surface area contributed by atoms with E-state index in [1.165, 1.54) is 5.56 Å². The number of nitrogens with zero attached hydrogens (tertiary/aromatic N) is 1. The van der Waals surface area contributed by atoms with Crippen molar-refractivity contribution in [3.05, 3.63) is 108 Å². The zero-order chi connectivity index (χ0) is 22.2. The lowest BCUT2D eigenvalue weighted by atomic mass is 9.87. The minimum atomic E-state index is -0.430. The first-order valence-corrected chi connectivity index (χ1v) is 11.5. The lowest BCUT2D eigenvalue weighted by Gasteiger charge is -2.34. The molecule has 4 rings (SSSR count). The predicted molar refractivity (Wildman–Crippen MR) is 128 cm³/mol. The molecule has 1 fully saturated rings. The molecule has 0 saturated carbocycles. The van der Waals surface area contributed by atoms with Crippen molar-refractivity contribution in [2.24, 2.45) is 5.92 Å². The van der Waals surface area contributed by atoms with Crippen molar-refractivity contribution >= 4 is 5.91 Å². The molecular weight excluding hydrogens is 396 g/mol. The van der Waals surface area contributed by atoms with Crippen molar-refractivity contribution in [1.82, 2.24) is 10.2 Å². The topological polar surface area (TPSA) is 52.6 Å². The quantitative estimate of drug-likeness (QED) is 0.554. The second kappa shape index (κ2) is 11.1. The van der Waals surface area contributed by atoms with Crippen molar-refractivity contribution in [2.45, 2.75) is 31.4 Å². The van der Waals surface area contributed by atoms with Crippen LogP contribution in [0.4, 0.5) is 0 Å². The zero-order valence-corrected chi connectivity index (χ0v) is 18.4. The maximum Gasteiger partial charge on any atom is 0.234 e. The second-order valence-corrected chi connectivity index (χ2v) is 8.69. The summed E-state index contributed by atoms with van der Waals surface area (Å²) < 4.78 is 0. The van der Waals surface area contributed by atoms with Crippen molar-refractivity contribution < 1.29 is 9.90 Å². The summed E-state index contributed by atoms with van der Waals surface area (Å²) in [7, 11) is 0. The van der Waals surface area contributed by atoms with Crippen LogP contribution in [0.2, 0.25) is 0 Å². The van der Waals surface area contributed by atoms with Crippen molar-refractivity contribution in [2.75, 3.05) is 19.6 Å². The molecule has 2 atom stereocenters. The van der Waals surface area contributed by atoms with E-state index in [-0.39, 0.29) is 17.9 Å². The van der Waals surface area contributed by atoms with E-state index in [1.54, 1.807) is 0 Å². The van der Waals surface area contributed by atoms with E-state index in [0.29, 0.717) is 6.54 Å². The summed E-state index contributed by atoms with van der Waals surface area (Å²) in [4.78, 5) is 15.1. The van der Waals surface area contributed by atoms with Gasteiger partial charge in [0.2, 0.25) is 5.91 Å². The van der Waals surface area contributed by atoms with Gasteiger partial charge >= 0.3 is 0 Å². The minimum Gasteiger partial charge on any atom is -0.388 e. The summed E-state index contributed by atoms with van der Waals surface area (Å²) in [5.41, 5.74) is 3.31. The molecule has 0 bridgehead atoms. The van der Waals surface area contributed by atoms with Gasteiger partial charge in [0, 0.05) is 0 Å². The Morgan fingerprint density at radius 3 is 1.97 bits per heavy atom. The highest BCUT2D eigenvalue weighted by molar-refractivity contribution is 5.78. The Balaban J connectivity index is 1.32. The van der Waals surface area contributed by atoms with Gasteiger partial charge in [-0.1, -0.05) is 91.0 Å². The number of amides is 1. The van der Waals surface area contributed by atoms with E-state index >= 15 is 0 Å². The van der Waals surface area contributed by atoms with E-state index in [0.717, 1.165) is 43.5 Å². The summed E-state index contributed by atoms with van der Waals surface area (Å²) in [5, 5.41) is 14.0. The van der Waals surface area contributed by atoms with Gasteiger partial charge in [-0.05, 0) is 55.0 Å². The van der Waals surface area contributed by atoms with E-state index in [4.69, 9.17) is 0 Å². The molecule has 0 radical (unpaired) electrons. The van der Waals surface area contributed by atoms with Crippen LogP contribution in [0.15, 0.2) is 91.0 Å². The number of hydrogen-bond acceptors (Lipinski definition) is 3. The number of carbonyl (C=O) groups is 1. The molecule has 2 N–H and O–H groups in total. The van der Waals surface area contributed by atoms with Crippen molar-refractivity contribution in [3.8, 4) is 0 Å². The highest BCUT2D eigenvalue weighted by Crippen LogP contribution is 2.30. The molecule has 1 aliphatic rings. The number of nitrogens with one attached hydrogen (secondary N) is 1. The van der Waals surface area contributed by atoms with Gasteiger partial charge in [-0.3, -0.25) is 9.69 Å². The van der Waals surface area contributed by atoms with Crippen LogP contribution in [-0.2, 0) is 11.2 Å². The number of aliphatic hydroxyl groups is 1. The fraction of sp³-hybridized carbons (Fsp3) is 0.321. The van der Waals surface area contributed by atoms with Gasteiger partial charge in [0.15, 0.2) is 0 Å². The van der Waals surface area contributed by atoms with Crippen LogP contribution >= 0.6 is 0 Å². The molecule has 1 saturated heterocycles. The molecule has 166 valence electrons. The zero-order valence-electron chi connectivity index (χ0n) is 18.4. The Bertz CT molecular complexity index is 954. The fourth-order valence-electron chi connectivity index (χ4n) is 4.58. The Morgan fingerprint density at radius 1 is 0.844 bits per heavy atom. The standard InChI is InChI=1S/C28H32N2O2/c31-27(21-30-18-16-25(17-19-30)28(32)24-14-8-3-9-15-24)29-26(23-12-6-2-7-13-23)20-22-10-4-1-5-11-22/h1-15,25-26,28,32H,16-21H2,(H,29,31). The van der Waals surface area contributed by atoms with E-state index in [9.17, 15) is 9.90 Å². The maximum absolute atomic E-state index is 12.9. The molecule has 2 unspecified atom stereocenters. The highest BCUT2D eigenvalue weighted by Gasteiger charge is 2.27. The third-order valence-electron chi connectivity index (χ3n) is 6.41. The number of rotatable bonds is 8. The largest absolute Gasteiger partial charge is 0.388 e. The smallest absolute Gasteiger partial charge is 0.234 e. The fourth-order valence-corrected chi connectivity index (χ4v) is 4.58. The Morgan fingerprint density at radius 2 is 1.38 bits per heavy atom. The van der Waals surface area contributed by atoms with Crippen LogP contribution in [0.25, 0.3) is 0 Å². The van der Waals surface area contributed by atoms with Crippen LogP contribution in [0.1, 0.15) is 41.7 Å². The average Bonchev–Trinajstić information content (AvgIpc) is 2.85. The number of benzene rings is 3. The molecular formula is C28H32N2O2. The van der Waals surface area contributed by atoms with Crippen LogP contribution in [0.5, 0.6) is 0 Å². The van der Waals surface area contributed by atoms with Gasteiger partial charge in [-0.2, -0.15) is 0 Å². The van der Waals surface area contributed by atoms with Crippen LogP contribution in [0.3, 0.4) is 0 Å². The molecule has 3 aromatic rings. The minimum absolute atomic E-state index is 0.0523. The lowest BCUT2D eigenvalue weighted by molar-refractivity contribution is -0.123. The van der Waals surface area contributed by atoms with Gasteiger partial charge in [0.1, 0.15) is 0 Å². The lowest BCUT2D eigenvalue weighted by Crippen LogP contribution is -2.43. The molecule has 0 spiro atoms. The Labute approximate surface area is 190 Å². The van der Waals surface area contributed by atoms with E-state index in [1.807, 2.05) is 66.7 Å². The molecule has 1 aliphatic heterocycles. The summed E-state index contributed by atoms with van der Waals surface area (Å²) in [5.74, 6) is 0.295. The molecule has 1 amide bonds. The molecule has 32 heavy (non-hydrogen) atoms.